The number of fused-ring (bicyclic) bond motifs is 1. The van der Waals surface area contributed by atoms with Gasteiger partial charge in [-0.25, -0.2) is 0 Å². The van der Waals surface area contributed by atoms with Gasteiger partial charge in [-0.3, -0.25) is 25.8 Å². The SMILES string of the molecule is Cc1cccc(OCC(=O)NNC(=S)NC(=O)COc2ccc3cc(Br)ccc3c2Br)c1. The summed E-state index contributed by atoms with van der Waals surface area (Å²) >= 11 is 12.0. The average Bonchev–Trinajstić information content (AvgIpc) is 2.76. The highest BCUT2D eigenvalue weighted by atomic mass is 79.9. The molecule has 0 heterocycles. The molecule has 3 N–H and O–H groups in total. The molecule has 3 rings (SSSR count). The van der Waals surface area contributed by atoms with Crippen LogP contribution >= 0.6 is 44.1 Å². The fraction of sp³-hybridized carbons (Fsp3) is 0.136. The zero-order valence-corrected chi connectivity index (χ0v) is 20.9. The van der Waals surface area contributed by atoms with Crippen LogP contribution < -0.4 is 25.6 Å². The van der Waals surface area contributed by atoms with E-state index in [4.69, 9.17) is 21.7 Å². The van der Waals surface area contributed by atoms with Crippen LogP contribution in [0.25, 0.3) is 10.8 Å². The molecule has 0 bridgehead atoms. The van der Waals surface area contributed by atoms with Crippen molar-refractivity contribution < 1.29 is 19.1 Å². The number of thiocarbonyl (C=S) groups is 1. The van der Waals surface area contributed by atoms with Crippen molar-refractivity contribution in [3.63, 3.8) is 0 Å². The minimum absolute atomic E-state index is 0.0649. The van der Waals surface area contributed by atoms with Crippen molar-refractivity contribution in [2.24, 2.45) is 0 Å². The van der Waals surface area contributed by atoms with Crippen molar-refractivity contribution in [2.75, 3.05) is 13.2 Å². The molecule has 166 valence electrons. The fourth-order valence-corrected chi connectivity index (χ4v) is 3.86. The average molecular weight is 581 g/mol. The van der Waals surface area contributed by atoms with Gasteiger partial charge in [0.25, 0.3) is 11.8 Å². The van der Waals surface area contributed by atoms with Gasteiger partial charge in [0.2, 0.25) is 0 Å². The Morgan fingerprint density at radius 2 is 1.72 bits per heavy atom. The predicted octanol–water partition coefficient (Wildman–Crippen LogP) is 4.15. The summed E-state index contributed by atoms with van der Waals surface area (Å²) in [5.74, 6) is 0.178. The molecule has 0 saturated carbocycles. The van der Waals surface area contributed by atoms with E-state index in [2.05, 4.69) is 48.0 Å². The molecule has 0 aliphatic carbocycles. The summed E-state index contributed by atoms with van der Waals surface area (Å²) in [4.78, 5) is 24.0. The van der Waals surface area contributed by atoms with E-state index in [0.717, 1.165) is 25.3 Å². The van der Waals surface area contributed by atoms with Crippen molar-refractivity contribution in [3.05, 3.63) is 69.1 Å². The molecular weight excluding hydrogens is 562 g/mol. The van der Waals surface area contributed by atoms with Crippen molar-refractivity contribution in [1.82, 2.24) is 16.2 Å². The summed E-state index contributed by atoms with van der Waals surface area (Å²) in [7, 11) is 0. The first-order chi connectivity index (χ1) is 15.3. The van der Waals surface area contributed by atoms with E-state index in [1.165, 1.54) is 0 Å². The molecule has 0 saturated heterocycles. The van der Waals surface area contributed by atoms with E-state index >= 15 is 0 Å². The van der Waals surface area contributed by atoms with Gasteiger partial charge in [0.15, 0.2) is 18.3 Å². The van der Waals surface area contributed by atoms with Crippen molar-refractivity contribution in [2.45, 2.75) is 6.92 Å². The second kappa shape index (κ2) is 11.3. The molecule has 3 aromatic rings. The topological polar surface area (TPSA) is 88.7 Å². The van der Waals surface area contributed by atoms with Gasteiger partial charge in [0.05, 0.1) is 4.47 Å². The Balaban J connectivity index is 1.41. The molecule has 32 heavy (non-hydrogen) atoms. The highest BCUT2D eigenvalue weighted by Crippen LogP contribution is 2.34. The van der Waals surface area contributed by atoms with E-state index in [0.29, 0.717) is 11.5 Å². The highest BCUT2D eigenvalue weighted by molar-refractivity contribution is 9.11. The highest BCUT2D eigenvalue weighted by Gasteiger charge is 2.11. The van der Waals surface area contributed by atoms with Crippen LogP contribution in [0, 0.1) is 6.92 Å². The van der Waals surface area contributed by atoms with Gasteiger partial charge < -0.3 is 9.47 Å². The van der Waals surface area contributed by atoms with Crippen LogP contribution in [0.4, 0.5) is 0 Å². The zero-order valence-electron chi connectivity index (χ0n) is 16.9. The van der Waals surface area contributed by atoms with E-state index < -0.39 is 11.8 Å². The minimum Gasteiger partial charge on any atom is -0.484 e. The summed E-state index contributed by atoms with van der Waals surface area (Å²) in [5, 5.41) is 4.35. The number of rotatable bonds is 6. The number of hydrogen-bond acceptors (Lipinski definition) is 5. The molecule has 10 heteroatoms. The van der Waals surface area contributed by atoms with Gasteiger partial charge in [-0.05, 0) is 81.7 Å². The van der Waals surface area contributed by atoms with Crippen LogP contribution in [0.5, 0.6) is 11.5 Å². The third-order valence-electron chi connectivity index (χ3n) is 4.17. The van der Waals surface area contributed by atoms with Gasteiger partial charge in [-0.1, -0.05) is 40.2 Å². The van der Waals surface area contributed by atoms with Crippen molar-refractivity contribution in [3.8, 4) is 11.5 Å². The first kappa shape index (κ1) is 24.0. The summed E-state index contributed by atoms with van der Waals surface area (Å²) in [6.07, 6.45) is 0. The van der Waals surface area contributed by atoms with Crippen molar-refractivity contribution >= 4 is 71.8 Å². The molecule has 0 aliphatic rings. The number of hydrazine groups is 1. The van der Waals surface area contributed by atoms with E-state index in [1.54, 1.807) is 12.1 Å². The molecule has 0 radical (unpaired) electrons. The standard InChI is InChI=1S/C22H19Br2N3O4S/c1-13-3-2-4-16(9-13)30-12-20(29)26-27-22(32)25-19(28)11-31-18-8-5-14-10-15(23)6-7-17(14)21(18)24/h2-10H,11-12H2,1H3,(H,26,29)(H2,25,27,28,32). The van der Waals surface area contributed by atoms with E-state index in [-0.39, 0.29) is 18.3 Å². The Morgan fingerprint density at radius 1 is 0.938 bits per heavy atom. The number of aryl methyl sites for hydroxylation is 1. The molecule has 0 unspecified atom stereocenters. The molecule has 2 amide bonds. The number of hydrogen-bond donors (Lipinski definition) is 3. The minimum atomic E-state index is -0.476. The van der Waals surface area contributed by atoms with Crippen molar-refractivity contribution in [1.29, 1.82) is 0 Å². The summed E-state index contributed by atoms with van der Waals surface area (Å²) in [6.45, 7) is 1.46. The largest absolute Gasteiger partial charge is 0.484 e. The van der Waals surface area contributed by atoms with Gasteiger partial charge >= 0.3 is 0 Å². The smallest absolute Gasteiger partial charge is 0.276 e. The lowest BCUT2D eigenvalue weighted by atomic mass is 10.1. The second-order valence-electron chi connectivity index (χ2n) is 6.69. The number of amides is 2. The lowest BCUT2D eigenvalue weighted by Crippen LogP contribution is -2.50. The Labute approximate surface area is 207 Å². The molecule has 0 aromatic heterocycles. The fourth-order valence-electron chi connectivity index (χ4n) is 2.71. The maximum atomic E-state index is 12.1. The number of carbonyl (C=O) groups is 2. The molecule has 0 atom stereocenters. The molecule has 3 aromatic carbocycles. The maximum absolute atomic E-state index is 12.1. The molecular formula is C22H19Br2N3O4S. The number of carbonyl (C=O) groups excluding carboxylic acids is 2. The lowest BCUT2D eigenvalue weighted by Gasteiger charge is -2.13. The maximum Gasteiger partial charge on any atom is 0.276 e. The number of ether oxygens (including phenoxy) is 2. The summed E-state index contributed by atoms with van der Waals surface area (Å²) < 4.78 is 12.7. The Hall–Kier alpha value is -2.69. The van der Waals surface area contributed by atoms with Gasteiger partial charge in [0.1, 0.15) is 11.5 Å². The first-order valence-corrected chi connectivity index (χ1v) is 11.4. The van der Waals surface area contributed by atoms with Crippen LogP contribution in [0.15, 0.2) is 63.5 Å². The Bertz CT molecular complexity index is 1170. The molecule has 0 spiro atoms. The quantitative estimate of drug-likeness (QED) is 0.300. The predicted molar refractivity (Wildman–Crippen MR) is 134 cm³/mol. The van der Waals surface area contributed by atoms with Crippen LogP contribution in [-0.2, 0) is 9.59 Å². The zero-order chi connectivity index (χ0) is 23.1. The second-order valence-corrected chi connectivity index (χ2v) is 8.80. The summed E-state index contributed by atoms with van der Waals surface area (Å²) in [5.41, 5.74) is 5.83. The first-order valence-electron chi connectivity index (χ1n) is 9.40. The third-order valence-corrected chi connectivity index (χ3v) is 5.68. The molecule has 0 aliphatic heterocycles. The van der Waals surface area contributed by atoms with Crippen LogP contribution in [0.1, 0.15) is 5.56 Å². The molecule has 7 nitrogen and oxygen atoms in total. The normalized spacial score (nSPS) is 10.3. The summed E-state index contributed by atoms with van der Waals surface area (Å²) in [6, 6.07) is 16.9. The number of halogens is 2. The molecule has 0 fully saturated rings. The monoisotopic (exact) mass is 579 g/mol. The number of benzene rings is 3. The van der Waals surface area contributed by atoms with Crippen LogP contribution in [0.2, 0.25) is 0 Å². The Kier molecular flexibility index (Phi) is 8.43. The van der Waals surface area contributed by atoms with E-state index in [9.17, 15) is 9.59 Å². The van der Waals surface area contributed by atoms with Crippen LogP contribution in [-0.4, -0.2) is 30.1 Å². The van der Waals surface area contributed by atoms with Gasteiger partial charge in [0, 0.05) is 4.47 Å². The number of nitrogens with one attached hydrogen (secondary N) is 3. The van der Waals surface area contributed by atoms with Gasteiger partial charge in [-0.2, -0.15) is 0 Å². The lowest BCUT2D eigenvalue weighted by molar-refractivity contribution is -0.124. The van der Waals surface area contributed by atoms with Gasteiger partial charge in [-0.15, -0.1) is 0 Å². The van der Waals surface area contributed by atoms with Crippen LogP contribution in [0.3, 0.4) is 0 Å². The Morgan fingerprint density at radius 3 is 2.50 bits per heavy atom. The van der Waals surface area contributed by atoms with E-state index in [1.807, 2.05) is 49.4 Å². The third kappa shape index (κ3) is 6.91.